The molecule has 0 bridgehead atoms. The molecule has 0 atom stereocenters. The summed E-state index contributed by atoms with van der Waals surface area (Å²) >= 11 is 0. The van der Waals surface area contributed by atoms with Gasteiger partial charge in [-0.15, -0.1) is 0 Å². The normalized spacial score (nSPS) is 10.8. The van der Waals surface area contributed by atoms with Gasteiger partial charge in [0.05, 0.1) is 12.8 Å². The van der Waals surface area contributed by atoms with Crippen LogP contribution in [0.1, 0.15) is 27.2 Å². The van der Waals surface area contributed by atoms with E-state index in [1.54, 1.807) is 26.4 Å². The number of rotatable bonds is 8. The lowest BCUT2D eigenvalue weighted by Crippen LogP contribution is -2.21. The van der Waals surface area contributed by atoms with Crippen LogP contribution in [0, 0.1) is 6.92 Å². The zero-order valence-corrected chi connectivity index (χ0v) is 18.5. The highest BCUT2D eigenvalue weighted by atomic mass is 16.5. The number of anilines is 1. The number of nitrogens with zero attached hydrogens (tertiary/aromatic N) is 2. The van der Waals surface area contributed by atoms with E-state index < -0.39 is 0 Å². The van der Waals surface area contributed by atoms with Crippen molar-refractivity contribution in [2.45, 2.75) is 13.5 Å². The van der Waals surface area contributed by atoms with E-state index in [4.69, 9.17) is 9.47 Å². The van der Waals surface area contributed by atoms with E-state index in [9.17, 15) is 9.59 Å². The quantitative estimate of drug-likeness (QED) is 0.531. The number of methoxy groups -OCH3 is 1. The minimum absolute atomic E-state index is 0.150. The monoisotopic (exact) mass is 434 g/mol. The van der Waals surface area contributed by atoms with Crippen LogP contribution in [-0.2, 0) is 18.4 Å². The van der Waals surface area contributed by atoms with E-state index >= 15 is 0 Å². The molecule has 0 fully saturated rings. The number of amides is 2. The summed E-state index contributed by atoms with van der Waals surface area (Å²) in [5.74, 6) is 0.709. The molecule has 0 radical (unpaired) electrons. The van der Waals surface area contributed by atoms with Crippen LogP contribution in [0.15, 0.2) is 54.7 Å². The van der Waals surface area contributed by atoms with Gasteiger partial charge in [0.1, 0.15) is 18.1 Å². The Morgan fingerprint density at radius 3 is 2.59 bits per heavy atom. The van der Waals surface area contributed by atoms with Gasteiger partial charge in [0, 0.05) is 31.9 Å². The van der Waals surface area contributed by atoms with Crippen LogP contribution in [0.4, 0.5) is 5.69 Å². The largest absolute Gasteiger partial charge is 0.496 e. The SMILES string of the molecule is CNC(=O)c1nn(C)cc1NC(=O)/C=C/c1ccc(OC)c(COc2ccc(C)cc2)c1. The molecule has 0 spiro atoms. The van der Waals surface area contributed by atoms with Crippen molar-refractivity contribution in [2.75, 3.05) is 19.5 Å². The minimum Gasteiger partial charge on any atom is -0.496 e. The van der Waals surface area contributed by atoms with Crippen molar-refractivity contribution in [1.29, 1.82) is 0 Å². The fourth-order valence-electron chi connectivity index (χ4n) is 3.02. The van der Waals surface area contributed by atoms with Gasteiger partial charge in [-0.25, -0.2) is 0 Å². The molecule has 1 heterocycles. The second-order valence-corrected chi connectivity index (χ2v) is 7.14. The molecule has 3 aromatic rings. The first-order chi connectivity index (χ1) is 15.4. The molecule has 0 aliphatic heterocycles. The Balaban J connectivity index is 1.70. The molecule has 0 saturated heterocycles. The van der Waals surface area contributed by atoms with Gasteiger partial charge in [-0.05, 0) is 42.8 Å². The standard InChI is InChI=1S/C24H26N4O4/c1-16-5-9-19(10-6-16)32-15-18-13-17(7-11-21(18)31-4)8-12-22(29)26-20-14-28(3)27-23(20)24(30)25-2/h5-14H,15H2,1-4H3,(H,25,30)(H,26,29)/b12-8+. The maximum Gasteiger partial charge on any atom is 0.273 e. The summed E-state index contributed by atoms with van der Waals surface area (Å²) in [4.78, 5) is 24.3. The highest BCUT2D eigenvalue weighted by Gasteiger charge is 2.16. The number of carbonyl (C=O) groups excluding carboxylic acids is 2. The fourth-order valence-corrected chi connectivity index (χ4v) is 3.02. The number of hydrogen-bond acceptors (Lipinski definition) is 5. The average Bonchev–Trinajstić information content (AvgIpc) is 3.16. The zero-order chi connectivity index (χ0) is 23.1. The highest BCUT2D eigenvalue weighted by Crippen LogP contribution is 2.23. The summed E-state index contributed by atoms with van der Waals surface area (Å²) in [6, 6.07) is 13.4. The van der Waals surface area contributed by atoms with Crippen molar-refractivity contribution in [3.05, 3.63) is 77.1 Å². The van der Waals surface area contributed by atoms with Crippen molar-refractivity contribution >= 4 is 23.6 Å². The highest BCUT2D eigenvalue weighted by molar-refractivity contribution is 6.06. The first kappa shape index (κ1) is 22.6. The Morgan fingerprint density at radius 1 is 1.16 bits per heavy atom. The summed E-state index contributed by atoms with van der Waals surface area (Å²) < 4.78 is 12.8. The van der Waals surface area contributed by atoms with Crippen LogP contribution in [0.2, 0.25) is 0 Å². The van der Waals surface area contributed by atoms with Gasteiger partial charge in [-0.2, -0.15) is 5.10 Å². The number of nitrogens with one attached hydrogen (secondary N) is 2. The molecule has 8 nitrogen and oxygen atoms in total. The van der Waals surface area contributed by atoms with Gasteiger partial charge in [0.15, 0.2) is 5.69 Å². The number of aromatic nitrogens is 2. The van der Waals surface area contributed by atoms with Crippen LogP contribution < -0.4 is 20.1 Å². The van der Waals surface area contributed by atoms with Crippen LogP contribution in [0.25, 0.3) is 6.08 Å². The van der Waals surface area contributed by atoms with E-state index in [0.29, 0.717) is 18.0 Å². The predicted molar refractivity (Wildman–Crippen MR) is 123 cm³/mol. The van der Waals surface area contributed by atoms with Crippen molar-refractivity contribution in [3.63, 3.8) is 0 Å². The third-order valence-electron chi connectivity index (χ3n) is 4.68. The second-order valence-electron chi connectivity index (χ2n) is 7.14. The molecular formula is C24H26N4O4. The Labute approximate surface area is 186 Å². The smallest absolute Gasteiger partial charge is 0.273 e. The molecule has 0 aliphatic rings. The zero-order valence-electron chi connectivity index (χ0n) is 18.5. The van der Waals surface area contributed by atoms with Crippen LogP contribution in [0.3, 0.4) is 0 Å². The van der Waals surface area contributed by atoms with Gasteiger partial charge >= 0.3 is 0 Å². The number of benzene rings is 2. The fraction of sp³-hybridized carbons (Fsp3) is 0.208. The van der Waals surface area contributed by atoms with Gasteiger partial charge in [0.25, 0.3) is 5.91 Å². The lowest BCUT2D eigenvalue weighted by Gasteiger charge is -2.11. The number of aryl methyl sites for hydroxylation is 2. The van der Waals surface area contributed by atoms with Gasteiger partial charge in [-0.1, -0.05) is 23.8 Å². The molecule has 0 aliphatic carbocycles. The van der Waals surface area contributed by atoms with Crippen molar-refractivity contribution < 1.29 is 19.1 Å². The topological polar surface area (TPSA) is 94.5 Å². The maximum absolute atomic E-state index is 12.4. The molecular weight excluding hydrogens is 408 g/mol. The van der Waals surface area contributed by atoms with Crippen LogP contribution in [0.5, 0.6) is 11.5 Å². The molecule has 2 aromatic carbocycles. The molecule has 2 amide bonds. The van der Waals surface area contributed by atoms with Crippen LogP contribution >= 0.6 is 0 Å². The Bertz CT molecular complexity index is 1130. The molecule has 0 saturated carbocycles. The van der Waals surface area contributed by atoms with Crippen molar-refractivity contribution in [1.82, 2.24) is 15.1 Å². The predicted octanol–water partition coefficient (Wildman–Crippen LogP) is 3.33. The summed E-state index contributed by atoms with van der Waals surface area (Å²) in [6.07, 6.45) is 4.65. The summed E-state index contributed by atoms with van der Waals surface area (Å²) in [5.41, 5.74) is 3.31. The lowest BCUT2D eigenvalue weighted by molar-refractivity contribution is -0.111. The van der Waals surface area contributed by atoms with Crippen LogP contribution in [-0.4, -0.2) is 35.8 Å². The number of ether oxygens (including phenoxy) is 2. The summed E-state index contributed by atoms with van der Waals surface area (Å²) in [6.45, 7) is 2.34. The number of hydrogen-bond donors (Lipinski definition) is 2. The van der Waals surface area contributed by atoms with Crippen molar-refractivity contribution in [3.8, 4) is 11.5 Å². The third kappa shape index (κ3) is 5.75. The van der Waals surface area contributed by atoms with E-state index in [0.717, 1.165) is 22.4 Å². The van der Waals surface area contributed by atoms with Gasteiger partial charge < -0.3 is 20.1 Å². The number of carbonyl (C=O) groups is 2. The average molecular weight is 434 g/mol. The molecule has 32 heavy (non-hydrogen) atoms. The van der Waals surface area contributed by atoms with E-state index in [-0.39, 0.29) is 17.5 Å². The summed E-state index contributed by atoms with van der Waals surface area (Å²) in [5, 5.41) is 9.26. The molecule has 166 valence electrons. The summed E-state index contributed by atoms with van der Waals surface area (Å²) in [7, 11) is 4.79. The second kappa shape index (κ2) is 10.3. The Hall–Kier alpha value is -4.07. The first-order valence-corrected chi connectivity index (χ1v) is 10.0. The Morgan fingerprint density at radius 2 is 1.91 bits per heavy atom. The van der Waals surface area contributed by atoms with E-state index in [2.05, 4.69) is 15.7 Å². The molecule has 8 heteroatoms. The van der Waals surface area contributed by atoms with E-state index in [1.807, 2.05) is 49.4 Å². The van der Waals surface area contributed by atoms with Gasteiger partial charge in [-0.3, -0.25) is 14.3 Å². The molecule has 3 rings (SSSR count). The third-order valence-corrected chi connectivity index (χ3v) is 4.68. The minimum atomic E-state index is -0.378. The maximum atomic E-state index is 12.4. The van der Waals surface area contributed by atoms with E-state index in [1.165, 1.54) is 17.8 Å². The molecule has 2 N–H and O–H groups in total. The molecule has 1 aromatic heterocycles. The lowest BCUT2D eigenvalue weighted by atomic mass is 10.1. The Kier molecular flexibility index (Phi) is 7.28. The van der Waals surface area contributed by atoms with Gasteiger partial charge in [0.2, 0.25) is 5.91 Å². The molecule has 0 unspecified atom stereocenters. The first-order valence-electron chi connectivity index (χ1n) is 10.0. The van der Waals surface area contributed by atoms with Crippen molar-refractivity contribution in [2.24, 2.45) is 7.05 Å².